The van der Waals surface area contributed by atoms with Gasteiger partial charge in [0.2, 0.25) is 5.91 Å². The van der Waals surface area contributed by atoms with Crippen LogP contribution in [0.1, 0.15) is 17.8 Å². The number of nitrogens with one attached hydrogen (secondary N) is 2. The van der Waals surface area contributed by atoms with E-state index in [1.54, 1.807) is 11.3 Å². The largest absolute Gasteiger partial charge is 0.379 e. The van der Waals surface area contributed by atoms with Gasteiger partial charge in [-0.25, -0.2) is 0 Å². The molecule has 2 rings (SSSR count). The van der Waals surface area contributed by atoms with Crippen molar-refractivity contribution in [2.45, 2.75) is 19.0 Å². The van der Waals surface area contributed by atoms with E-state index >= 15 is 0 Å². The summed E-state index contributed by atoms with van der Waals surface area (Å²) >= 11 is 1.72. The predicted octanol–water partition coefficient (Wildman–Crippen LogP) is 1.09. The van der Waals surface area contributed by atoms with Crippen molar-refractivity contribution in [1.29, 1.82) is 0 Å². The normalized spacial score (nSPS) is 23.4. The van der Waals surface area contributed by atoms with Crippen molar-refractivity contribution in [1.82, 2.24) is 15.5 Å². The van der Waals surface area contributed by atoms with Gasteiger partial charge in [-0.3, -0.25) is 4.79 Å². The minimum atomic E-state index is -0.0869. The number of ether oxygens (including phenoxy) is 1. The number of hydrogen-bond acceptors (Lipinski definition) is 5. The number of carbonyl (C=O) groups is 1. The highest BCUT2D eigenvalue weighted by molar-refractivity contribution is 7.10. The molecule has 1 aliphatic heterocycles. The van der Waals surface area contributed by atoms with Crippen LogP contribution in [0.25, 0.3) is 0 Å². The van der Waals surface area contributed by atoms with Crippen molar-refractivity contribution in [3.8, 4) is 0 Å². The second-order valence-electron chi connectivity index (χ2n) is 5.55. The molecule has 1 fully saturated rings. The standard InChI is InChI=1S/C15H25N3O2S/c1-4-16-12-10-20-9-11(12)15(19)17-8-13(18(2)3)14-6-5-7-21-14/h5-7,11-13,16H,4,8-10H2,1-3H3,(H,17,19). The Balaban J connectivity index is 1.90. The molecule has 21 heavy (non-hydrogen) atoms. The van der Waals surface area contributed by atoms with Crippen molar-refractivity contribution >= 4 is 17.2 Å². The molecule has 5 nitrogen and oxygen atoms in total. The van der Waals surface area contributed by atoms with Gasteiger partial charge in [0.25, 0.3) is 0 Å². The third-order valence-corrected chi connectivity index (χ3v) is 4.82. The van der Waals surface area contributed by atoms with Gasteiger partial charge in [0.1, 0.15) is 0 Å². The number of rotatable bonds is 7. The summed E-state index contributed by atoms with van der Waals surface area (Å²) in [5.41, 5.74) is 0. The van der Waals surface area contributed by atoms with Gasteiger partial charge in [0, 0.05) is 17.5 Å². The molecule has 118 valence electrons. The van der Waals surface area contributed by atoms with Crippen LogP contribution < -0.4 is 10.6 Å². The molecular formula is C15H25N3O2S. The smallest absolute Gasteiger partial charge is 0.227 e. The van der Waals surface area contributed by atoms with Crippen molar-refractivity contribution in [2.24, 2.45) is 5.92 Å². The lowest BCUT2D eigenvalue weighted by atomic mass is 10.0. The average molecular weight is 311 g/mol. The fourth-order valence-corrected chi connectivity index (χ4v) is 3.55. The summed E-state index contributed by atoms with van der Waals surface area (Å²) in [6, 6.07) is 4.51. The van der Waals surface area contributed by atoms with Gasteiger partial charge in [-0.2, -0.15) is 0 Å². The fraction of sp³-hybridized carbons (Fsp3) is 0.667. The van der Waals surface area contributed by atoms with Crippen molar-refractivity contribution in [3.63, 3.8) is 0 Å². The number of likely N-dealkylation sites (N-methyl/N-ethyl adjacent to an activating group) is 2. The number of hydrogen-bond donors (Lipinski definition) is 2. The first-order valence-electron chi connectivity index (χ1n) is 7.42. The molecule has 0 saturated carbocycles. The highest BCUT2D eigenvalue weighted by atomic mass is 32.1. The van der Waals surface area contributed by atoms with Crippen LogP contribution in [-0.4, -0.2) is 57.2 Å². The highest BCUT2D eigenvalue weighted by Crippen LogP contribution is 2.22. The Morgan fingerprint density at radius 1 is 1.52 bits per heavy atom. The lowest BCUT2D eigenvalue weighted by Gasteiger charge is -2.25. The van der Waals surface area contributed by atoms with E-state index < -0.39 is 0 Å². The van der Waals surface area contributed by atoms with Crippen LogP contribution in [0.5, 0.6) is 0 Å². The first kappa shape index (κ1) is 16.4. The molecule has 1 aromatic heterocycles. The van der Waals surface area contributed by atoms with Crippen LogP contribution in [0.4, 0.5) is 0 Å². The number of thiophene rings is 1. The molecule has 1 amide bonds. The second kappa shape index (κ2) is 7.89. The molecule has 0 radical (unpaired) electrons. The molecule has 3 atom stereocenters. The molecular weight excluding hydrogens is 286 g/mol. The SMILES string of the molecule is CCNC1COCC1C(=O)NCC(c1cccs1)N(C)C. The molecule has 1 saturated heterocycles. The molecule has 0 spiro atoms. The Bertz CT molecular complexity index is 436. The van der Waals surface area contributed by atoms with E-state index in [0.717, 1.165) is 6.54 Å². The Labute approximate surface area is 130 Å². The molecule has 1 aliphatic rings. The van der Waals surface area contributed by atoms with Gasteiger partial charge >= 0.3 is 0 Å². The summed E-state index contributed by atoms with van der Waals surface area (Å²) in [7, 11) is 4.08. The zero-order chi connectivity index (χ0) is 15.2. The molecule has 0 aromatic carbocycles. The summed E-state index contributed by atoms with van der Waals surface area (Å²) < 4.78 is 5.44. The van der Waals surface area contributed by atoms with Crippen molar-refractivity contribution in [2.75, 3.05) is 40.4 Å². The maximum absolute atomic E-state index is 12.4. The molecule has 6 heteroatoms. The third-order valence-electron chi connectivity index (χ3n) is 3.85. The van der Waals surface area contributed by atoms with E-state index in [1.807, 2.05) is 27.1 Å². The third kappa shape index (κ3) is 4.26. The number of carbonyl (C=O) groups excluding carboxylic acids is 1. The fourth-order valence-electron chi connectivity index (χ4n) is 2.62. The molecule has 2 heterocycles. The van der Waals surface area contributed by atoms with E-state index in [4.69, 9.17) is 4.74 Å². The summed E-state index contributed by atoms with van der Waals surface area (Å²) in [6.45, 7) is 4.66. The minimum absolute atomic E-state index is 0.0851. The average Bonchev–Trinajstić information content (AvgIpc) is 3.10. The van der Waals surface area contributed by atoms with Gasteiger partial charge in [-0.1, -0.05) is 13.0 Å². The molecule has 0 bridgehead atoms. The Morgan fingerprint density at radius 2 is 2.33 bits per heavy atom. The van der Waals surface area contributed by atoms with Crippen LogP contribution in [-0.2, 0) is 9.53 Å². The lowest BCUT2D eigenvalue weighted by molar-refractivity contribution is -0.125. The molecule has 0 aliphatic carbocycles. The topological polar surface area (TPSA) is 53.6 Å². The van der Waals surface area contributed by atoms with E-state index in [2.05, 4.69) is 27.0 Å². The van der Waals surface area contributed by atoms with Crippen molar-refractivity contribution in [3.05, 3.63) is 22.4 Å². The maximum Gasteiger partial charge on any atom is 0.227 e. The second-order valence-corrected chi connectivity index (χ2v) is 6.53. The first-order valence-corrected chi connectivity index (χ1v) is 8.30. The molecule has 1 aromatic rings. The quantitative estimate of drug-likeness (QED) is 0.791. The molecule has 2 N–H and O–H groups in total. The van der Waals surface area contributed by atoms with Gasteiger partial charge < -0.3 is 20.3 Å². The zero-order valence-corrected chi connectivity index (χ0v) is 13.8. The molecule has 3 unspecified atom stereocenters. The van der Waals surface area contributed by atoms with Gasteiger partial charge in [-0.05, 0) is 32.1 Å². The summed E-state index contributed by atoms with van der Waals surface area (Å²) in [5.74, 6) is -0.00189. The Hall–Kier alpha value is -0.950. The van der Waals surface area contributed by atoms with Crippen molar-refractivity contribution < 1.29 is 9.53 Å². The summed E-state index contributed by atoms with van der Waals surface area (Å²) in [4.78, 5) is 15.8. The van der Waals surface area contributed by atoms with E-state index in [1.165, 1.54) is 4.88 Å². The zero-order valence-electron chi connectivity index (χ0n) is 13.0. The van der Waals surface area contributed by atoms with Gasteiger partial charge in [0.15, 0.2) is 0 Å². The minimum Gasteiger partial charge on any atom is -0.379 e. The van der Waals surface area contributed by atoms with Crippen LogP contribution in [0.2, 0.25) is 0 Å². The van der Waals surface area contributed by atoms with E-state index in [-0.39, 0.29) is 23.9 Å². The summed E-state index contributed by atoms with van der Waals surface area (Å²) in [6.07, 6.45) is 0. The highest BCUT2D eigenvalue weighted by Gasteiger charge is 2.33. The summed E-state index contributed by atoms with van der Waals surface area (Å²) in [5, 5.41) is 8.48. The van der Waals surface area contributed by atoms with Crippen LogP contribution >= 0.6 is 11.3 Å². The Kier molecular flexibility index (Phi) is 6.17. The van der Waals surface area contributed by atoms with E-state index in [9.17, 15) is 4.79 Å². The predicted molar refractivity (Wildman–Crippen MR) is 85.5 cm³/mol. The Morgan fingerprint density at radius 3 is 2.95 bits per heavy atom. The van der Waals surface area contributed by atoms with Gasteiger partial charge in [0.05, 0.1) is 25.2 Å². The monoisotopic (exact) mass is 311 g/mol. The number of nitrogens with zero attached hydrogens (tertiary/aromatic N) is 1. The van der Waals surface area contributed by atoms with Crippen LogP contribution in [0.15, 0.2) is 17.5 Å². The van der Waals surface area contributed by atoms with Crippen LogP contribution in [0.3, 0.4) is 0 Å². The number of amides is 1. The lowest BCUT2D eigenvalue weighted by Crippen LogP contribution is -2.45. The van der Waals surface area contributed by atoms with E-state index in [0.29, 0.717) is 19.8 Å². The first-order chi connectivity index (χ1) is 10.1. The maximum atomic E-state index is 12.4. The van der Waals surface area contributed by atoms with Gasteiger partial charge in [-0.15, -0.1) is 11.3 Å². The van der Waals surface area contributed by atoms with Crippen LogP contribution in [0, 0.1) is 5.92 Å².